The zero-order valence-corrected chi connectivity index (χ0v) is 11.7. The molecule has 1 N–H and O–H groups in total. The second kappa shape index (κ2) is 6.22. The predicted octanol–water partition coefficient (Wildman–Crippen LogP) is 4.39. The molecule has 2 saturated carbocycles. The molecule has 0 heterocycles. The summed E-state index contributed by atoms with van der Waals surface area (Å²) < 4.78 is 0. The van der Waals surface area contributed by atoms with Crippen LogP contribution in [0.3, 0.4) is 0 Å². The van der Waals surface area contributed by atoms with Gasteiger partial charge in [-0.25, -0.2) is 0 Å². The second-order valence-corrected chi connectivity index (χ2v) is 6.54. The molecule has 0 aliphatic heterocycles. The largest absolute Gasteiger partial charge is 0.393 e. The number of hydrogen-bond acceptors (Lipinski definition) is 1. The van der Waals surface area contributed by atoms with E-state index in [1.165, 1.54) is 57.8 Å². The van der Waals surface area contributed by atoms with Crippen molar-refractivity contribution in [3.63, 3.8) is 0 Å². The minimum absolute atomic E-state index is 0.0147. The van der Waals surface area contributed by atoms with Gasteiger partial charge >= 0.3 is 0 Å². The summed E-state index contributed by atoms with van der Waals surface area (Å²) in [4.78, 5) is 0. The summed E-state index contributed by atoms with van der Waals surface area (Å²) in [6.45, 7) is 4.61. The summed E-state index contributed by atoms with van der Waals surface area (Å²) in [5, 5.41) is 10.6. The standard InChI is InChI=1S/C16H30O/c1-3-12-6-5-7-14(10-12)16(17)15-9-8-13(4-2)11-15/h12-17H,3-11H2,1-2H3. The molecule has 2 aliphatic rings. The van der Waals surface area contributed by atoms with E-state index in [2.05, 4.69) is 13.8 Å². The van der Waals surface area contributed by atoms with E-state index >= 15 is 0 Å². The Labute approximate surface area is 107 Å². The summed E-state index contributed by atoms with van der Waals surface area (Å²) in [6, 6.07) is 0. The Kier molecular flexibility index (Phi) is 4.90. The van der Waals surface area contributed by atoms with Crippen LogP contribution < -0.4 is 0 Å². The molecule has 5 unspecified atom stereocenters. The maximum atomic E-state index is 10.6. The molecule has 17 heavy (non-hydrogen) atoms. The Morgan fingerprint density at radius 1 is 0.882 bits per heavy atom. The number of hydrogen-bond donors (Lipinski definition) is 1. The maximum Gasteiger partial charge on any atom is 0.0596 e. The smallest absolute Gasteiger partial charge is 0.0596 e. The molecule has 2 fully saturated rings. The first-order chi connectivity index (χ1) is 8.24. The van der Waals surface area contributed by atoms with Crippen molar-refractivity contribution in [1.29, 1.82) is 0 Å². The van der Waals surface area contributed by atoms with Crippen molar-refractivity contribution in [1.82, 2.24) is 0 Å². The van der Waals surface area contributed by atoms with Crippen LogP contribution in [0.2, 0.25) is 0 Å². The van der Waals surface area contributed by atoms with Gasteiger partial charge in [-0.05, 0) is 49.4 Å². The van der Waals surface area contributed by atoms with Crippen LogP contribution in [0.5, 0.6) is 0 Å². The highest BCUT2D eigenvalue weighted by molar-refractivity contribution is 4.86. The Bertz CT molecular complexity index is 226. The summed E-state index contributed by atoms with van der Waals surface area (Å²) in [7, 11) is 0. The van der Waals surface area contributed by atoms with E-state index in [1.807, 2.05) is 0 Å². The van der Waals surface area contributed by atoms with Crippen LogP contribution in [-0.4, -0.2) is 11.2 Å². The normalized spacial score (nSPS) is 40.4. The topological polar surface area (TPSA) is 20.2 Å². The predicted molar refractivity (Wildman–Crippen MR) is 72.9 cm³/mol. The van der Waals surface area contributed by atoms with Crippen molar-refractivity contribution in [3.05, 3.63) is 0 Å². The molecule has 0 spiro atoms. The first kappa shape index (κ1) is 13.4. The lowest BCUT2D eigenvalue weighted by molar-refractivity contribution is 0.0225. The Balaban J connectivity index is 1.84. The van der Waals surface area contributed by atoms with Gasteiger partial charge in [-0.1, -0.05) is 46.0 Å². The Hall–Kier alpha value is -0.0400. The van der Waals surface area contributed by atoms with Gasteiger partial charge in [-0.2, -0.15) is 0 Å². The lowest BCUT2D eigenvalue weighted by Crippen LogP contribution is -2.31. The van der Waals surface area contributed by atoms with Crippen LogP contribution in [0, 0.1) is 23.7 Å². The quantitative estimate of drug-likeness (QED) is 0.770. The van der Waals surface area contributed by atoms with Gasteiger partial charge in [0.2, 0.25) is 0 Å². The highest BCUT2D eigenvalue weighted by Gasteiger charge is 2.35. The molecule has 0 saturated heterocycles. The lowest BCUT2D eigenvalue weighted by Gasteiger charge is -2.34. The van der Waals surface area contributed by atoms with Crippen molar-refractivity contribution in [3.8, 4) is 0 Å². The molecule has 5 atom stereocenters. The molecular weight excluding hydrogens is 208 g/mol. The fourth-order valence-corrected chi connectivity index (χ4v) is 4.19. The third-order valence-electron chi connectivity index (χ3n) is 5.53. The van der Waals surface area contributed by atoms with Crippen molar-refractivity contribution in [2.24, 2.45) is 23.7 Å². The molecule has 0 aromatic heterocycles. The number of rotatable bonds is 4. The van der Waals surface area contributed by atoms with Crippen LogP contribution in [0.1, 0.15) is 71.6 Å². The fourth-order valence-electron chi connectivity index (χ4n) is 4.19. The number of aliphatic hydroxyl groups excluding tert-OH is 1. The van der Waals surface area contributed by atoms with Crippen LogP contribution >= 0.6 is 0 Å². The molecule has 0 radical (unpaired) electrons. The molecule has 0 aromatic rings. The molecule has 0 amide bonds. The van der Waals surface area contributed by atoms with Crippen molar-refractivity contribution in [2.75, 3.05) is 0 Å². The third-order valence-corrected chi connectivity index (χ3v) is 5.53. The van der Waals surface area contributed by atoms with Gasteiger partial charge in [0.15, 0.2) is 0 Å². The van der Waals surface area contributed by atoms with Crippen molar-refractivity contribution in [2.45, 2.75) is 77.7 Å². The molecule has 100 valence electrons. The van der Waals surface area contributed by atoms with E-state index in [-0.39, 0.29) is 6.10 Å². The molecule has 0 bridgehead atoms. The minimum Gasteiger partial charge on any atom is -0.393 e. The SMILES string of the molecule is CCC1CCCC(C(O)C2CCC(CC)C2)C1. The highest BCUT2D eigenvalue weighted by Crippen LogP contribution is 2.41. The lowest BCUT2D eigenvalue weighted by atomic mass is 9.74. The van der Waals surface area contributed by atoms with Gasteiger partial charge < -0.3 is 5.11 Å². The van der Waals surface area contributed by atoms with Gasteiger partial charge in [-0.15, -0.1) is 0 Å². The Morgan fingerprint density at radius 2 is 1.47 bits per heavy atom. The van der Waals surface area contributed by atoms with Gasteiger partial charge in [0.1, 0.15) is 0 Å². The maximum absolute atomic E-state index is 10.6. The van der Waals surface area contributed by atoms with Crippen LogP contribution in [-0.2, 0) is 0 Å². The minimum atomic E-state index is 0.0147. The second-order valence-electron chi connectivity index (χ2n) is 6.54. The summed E-state index contributed by atoms with van der Waals surface area (Å²) in [5.74, 6) is 3.04. The summed E-state index contributed by atoms with van der Waals surface area (Å²) >= 11 is 0. The van der Waals surface area contributed by atoms with E-state index in [1.54, 1.807) is 0 Å². The fraction of sp³-hybridized carbons (Fsp3) is 1.00. The Morgan fingerprint density at radius 3 is 2.06 bits per heavy atom. The van der Waals surface area contributed by atoms with Gasteiger partial charge in [0.05, 0.1) is 6.10 Å². The molecular formula is C16H30O. The molecule has 1 heteroatoms. The molecule has 1 nitrogen and oxygen atoms in total. The van der Waals surface area contributed by atoms with Gasteiger partial charge in [0.25, 0.3) is 0 Å². The van der Waals surface area contributed by atoms with Gasteiger partial charge in [0, 0.05) is 0 Å². The van der Waals surface area contributed by atoms with E-state index in [0.29, 0.717) is 11.8 Å². The third kappa shape index (κ3) is 3.24. The molecule has 2 aliphatic carbocycles. The summed E-state index contributed by atoms with van der Waals surface area (Å²) in [6.07, 6.45) is 11.9. The van der Waals surface area contributed by atoms with E-state index in [9.17, 15) is 5.11 Å². The van der Waals surface area contributed by atoms with E-state index in [4.69, 9.17) is 0 Å². The first-order valence-corrected chi connectivity index (χ1v) is 7.92. The molecule has 0 aromatic carbocycles. The summed E-state index contributed by atoms with van der Waals surface area (Å²) in [5.41, 5.74) is 0. The number of aliphatic hydroxyl groups is 1. The van der Waals surface area contributed by atoms with Gasteiger partial charge in [-0.3, -0.25) is 0 Å². The van der Waals surface area contributed by atoms with Crippen LogP contribution in [0.25, 0.3) is 0 Å². The zero-order valence-electron chi connectivity index (χ0n) is 11.7. The highest BCUT2D eigenvalue weighted by atomic mass is 16.3. The molecule has 2 rings (SSSR count). The van der Waals surface area contributed by atoms with Crippen LogP contribution in [0.4, 0.5) is 0 Å². The van der Waals surface area contributed by atoms with E-state index in [0.717, 1.165) is 11.8 Å². The van der Waals surface area contributed by atoms with Crippen molar-refractivity contribution < 1.29 is 5.11 Å². The zero-order chi connectivity index (χ0) is 12.3. The van der Waals surface area contributed by atoms with Crippen LogP contribution in [0.15, 0.2) is 0 Å². The average molecular weight is 238 g/mol. The van der Waals surface area contributed by atoms with Crippen molar-refractivity contribution >= 4 is 0 Å². The first-order valence-electron chi connectivity index (χ1n) is 7.92. The average Bonchev–Trinajstić information content (AvgIpc) is 2.86. The monoisotopic (exact) mass is 238 g/mol. The van der Waals surface area contributed by atoms with E-state index < -0.39 is 0 Å².